The van der Waals surface area contributed by atoms with Gasteiger partial charge < -0.3 is 5.73 Å². The minimum atomic E-state index is -4.13. The minimum Gasteiger partial charge on any atom is -0.398 e. The van der Waals surface area contributed by atoms with Crippen molar-refractivity contribution in [3.05, 3.63) is 52.1 Å². The molecular formula is C14H13N3O5S. The molecule has 23 heavy (non-hydrogen) atoms. The Labute approximate surface area is 131 Å². The lowest BCUT2D eigenvalue weighted by molar-refractivity contribution is -0.384. The van der Waals surface area contributed by atoms with Gasteiger partial charge in [0.25, 0.3) is 5.69 Å². The van der Waals surface area contributed by atoms with Crippen molar-refractivity contribution in [1.82, 2.24) is 0 Å². The van der Waals surface area contributed by atoms with Crippen LogP contribution in [0.1, 0.15) is 17.3 Å². The molecule has 0 aliphatic heterocycles. The van der Waals surface area contributed by atoms with Crippen LogP contribution in [0.15, 0.2) is 41.3 Å². The van der Waals surface area contributed by atoms with E-state index in [0.717, 1.165) is 6.07 Å². The highest BCUT2D eigenvalue weighted by Gasteiger charge is 2.23. The number of nitrogens with two attached hydrogens (primary N) is 2. The molecule has 0 aromatic heterocycles. The van der Waals surface area contributed by atoms with E-state index < -0.39 is 20.7 Å². The molecule has 120 valence electrons. The predicted octanol–water partition coefficient (Wildman–Crippen LogP) is 1.69. The van der Waals surface area contributed by atoms with Crippen molar-refractivity contribution in [3.8, 4) is 11.1 Å². The smallest absolute Gasteiger partial charge is 0.269 e. The molecule has 0 amide bonds. The first kappa shape index (κ1) is 16.6. The molecule has 0 saturated heterocycles. The second-order valence-corrected chi connectivity index (χ2v) is 6.34. The van der Waals surface area contributed by atoms with Crippen LogP contribution >= 0.6 is 0 Å². The van der Waals surface area contributed by atoms with Crippen LogP contribution in [0.2, 0.25) is 0 Å². The van der Waals surface area contributed by atoms with Crippen molar-refractivity contribution in [1.29, 1.82) is 0 Å². The van der Waals surface area contributed by atoms with Crippen molar-refractivity contribution in [2.24, 2.45) is 5.14 Å². The second kappa shape index (κ2) is 5.78. The van der Waals surface area contributed by atoms with Crippen LogP contribution in [0.5, 0.6) is 0 Å². The van der Waals surface area contributed by atoms with E-state index in [4.69, 9.17) is 10.9 Å². The van der Waals surface area contributed by atoms with E-state index in [1.807, 2.05) is 0 Å². The summed E-state index contributed by atoms with van der Waals surface area (Å²) < 4.78 is 23.4. The minimum absolute atomic E-state index is 0.138. The highest BCUT2D eigenvalue weighted by molar-refractivity contribution is 7.89. The van der Waals surface area contributed by atoms with Crippen LogP contribution in [0.25, 0.3) is 11.1 Å². The number of nitrogens with zero attached hydrogens (tertiary/aromatic N) is 1. The first-order chi connectivity index (χ1) is 10.6. The summed E-state index contributed by atoms with van der Waals surface area (Å²) in [6, 6.07) is 7.75. The number of hydrogen-bond acceptors (Lipinski definition) is 6. The van der Waals surface area contributed by atoms with Crippen LogP contribution in [-0.2, 0) is 10.0 Å². The maximum absolute atomic E-state index is 12.0. The molecule has 0 aliphatic carbocycles. The Morgan fingerprint density at radius 1 is 1.13 bits per heavy atom. The number of nitro groups is 1. The zero-order valence-corrected chi connectivity index (χ0v) is 12.8. The number of nitrogen functional groups attached to an aromatic ring is 1. The van der Waals surface area contributed by atoms with E-state index in [0.29, 0.717) is 5.56 Å². The van der Waals surface area contributed by atoms with Gasteiger partial charge in [-0.15, -0.1) is 0 Å². The van der Waals surface area contributed by atoms with Gasteiger partial charge >= 0.3 is 0 Å². The first-order valence-electron chi connectivity index (χ1n) is 6.34. The maximum atomic E-state index is 12.0. The van der Waals surface area contributed by atoms with Gasteiger partial charge in [0.2, 0.25) is 10.0 Å². The summed E-state index contributed by atoms with van der Waals surface area (Å²) in [5.74, 6) is -0.533. The monoisotopic (exact) mass is 335 g/mol. The van der Waals surface area contributed by atoms with E-state index in [2.05, 4.69) is 0 Å². The number of carbonyl (C=O) groups excluding carboxylic acids is 1. The van der Waals surface area contributed by atoms with Gasteiger partial charge in [0, 0.05) is 28.9 Å². The van der Waals surface area contributed by atoms with Gasteiger partial charge in [0.05, 0.1) is 9.82 Å². The summed E-state index contributed by atoms with van der Waals surface area (Å²) in [4.78, 5) is 21.7. The third-order valence-electron chi connectivity index (χ3n) is 3.22. The number of non-ortho nitro benzene ring substituents is 1. The van der Waals surface area contributed by atoms with E-state index in [1.54, 1.807) is 0 Å². The number of primary sulfonamides is 1. The number of ketones is 1. The number of rotatable bonds is 4. The molecule has 2 aromatic carbocycles. The fraction of sp³-hybridized carbons (Fsp3) is 0.0714. The quantitative estimate of drug-likeness (QED) is 0.376. The number of Topliss-reactive ketones (excluding diaryl/α,β-unsaturated/α-hetero) is 1. The molecule has 4 N–H and O–H groups in total. The molecule has 0 saturated carbocycles. The Balaban J connectivity index is 2.80. The zero-order valence-electron chi connectivity index (χ0n) is 12.0. The number of benzene rings is 2. The Bertz CT molecular complexity index is 905. The molecule has 0 spiro atoms. The van der Waals surface area contributed by atoms with Gasteiger partial charge in [0.1, 0.15) is 0 Å². The fourth-order valence-corrected chi connectivity index (χ4v) is 3.04. The van der Waals surface area contributed by atoms with Gasteiger partial charge in [-0.3, -0.25) is 14.9 Å². The molecule has 9 heteroatoms. The second-order valence-electron chi connectivity index (χ2n) is 4.81. The molecule has 0 heterocycles. The average Bonchev–Trinajstić information content (AvgIpc) is 2.45. The lowest BCUT2D eigenvalue weighted by atomic mass is 9.95. The molecule has 0 bridgehead atoms. The third-order valence-corrected chi connectivity index (χ3v) is 4.18. The van der Waals surface area contributed by atoms with Crippen molar-refractivity contribution in [2.45, 2.75) is 11.8 Å². The van der Waals surface area contributed by atoms with Crippen LogP contribution in [-0.4, -0.2) is 19.1 Å². The van der Waals surface area contributed by atoms with Gasteiger partial charge in [-0.2, -0.15) is 0 Å². The lowest BCUT2D eigenvalue weighted by Crippen LogP contribution is -2.17. The summed E-state index contributed by atoms with van der Waals surface area (Å²) >= 11 is 0. The van der Waals surface area contributed by atoms with E-state index in [-0.39, 0.29) is 27.4 Å². The van der Waals surface area contributed by atoms with E-state index >= 15 is 0 Å². The number of anilines is 1. The molecule has 2 aromatic rings. The van der Waals surface area contributed by atoms with Crippen molar-refractivity contribution in [3.63, 3.8) is 0 Å². The maximum Gasteiger partial charge on any atom is 0.269 e. The lowest BCUT2D eigenvalue weighted by Gasteiger charge is -2.14. The highest BCUT2D eigenvalue weighted by atomic mass is 32.2. The topological polar surface area (TPSA) is 146 Å². The average molecular weight is 335 g/mol. The molecule has 0 atom stereocenters. The number of nitro benzene ring substituents is 1. The van der Waals surface area contributed by atoms with Crippen molar-refractivity contribution in [2.75, 3.05) is 5.73 Å². The molecule has 8 nitrogen and oxygen atoms in total. The summed E-state index contributed by atoms with van der Waals surface area (Å²) in [6.45, 7) is 1.19. The predicted molar refractivity (Wildman–Crippen MR) is 84.3 cm³/mol. The number of carbonyl (C=O) groups is 1. The van der Waals surface area contributed by atoms with Crippen molar-refractivity contribution < 1.29 is 18.1 Å². The van der Waals surface area contributed by atoms with Crippen LogP contribution in [0.4, 0.5) is 11.4 Å². The SMILES string of the molecule is CC(=O)c1c(S(N)(=O)=O)ccc(N)c1-c1ccc([N+](=O)[O-])cc1. The molecular weight excluding hydrogens is 322 g/mol. The number of sulfonamides is 1. The Kier molecular flexibility index (Phi) is 4.17. The van der Waals surface area contributed by atoms with Crippen LogP contribution in [0, 0.1) is 10.1 Å². The Morgan fingerprint density at radius 3 is 2.13 bits per heavy atom. The van der Waals surface area contributed by atoms with Gasteiger partial charge in [-0.1, -0.05) is 0 Å². The summed E-state index contributed by atoms with van der Waals surface area (Å²) in [7, 11) is -4.13. The summed E-state index contributed by atoms with van der Waals surface area (Å²) in [6.07, 6.45) is 0. The summed E-state index contributed by atoms with van der Waals surface area (Å²) in [5.41, 5.74) is 6.32. The van der Waals surface area contributed by atoms with Gasteiger partial charge in [-0.05, 0) is 36.8 Å². The molecule has 0 fully saturated rings. The fourth-order valence-electron chi connectivity index (χ4n) is 2.25. The van der Waals surface area contributed by atoms with E-state index in [9.17, 15) is 23.3 Å². The summed E-state index contributed by atoms with van der Waals surface area (Å²) in [5, 5.41) is 15.9. The highest BCUT2D eigenvalue weighted by Crippen LogP contribution is 2.34. The standard InChI is InChI=1S/C14H13N3O5S/c1-8(18)13-12(23(16,21)22)7-6-11(15)14(13)9-2-4-10(5-3-9)17(19)20/h2-7H,15H2,1H3,(H2,16,21,22). The molecule has 0 radical (unpaired) electrons. The van der Waals surface area contributed by atoms with Crippen molar-refractivity contribution >= 4 is 27.2 Å². The number of hydrogen-bond donors (Lipinski definition) is 2. The van der Waals surface area contributed by atoms with Gasteiger partial charge in [-0.25, -0.2) is 13.6 Å². The molecule has 2 rings (SSSR count). The molecule has 0 aliphatic rings. The van der Waals surface area contributed by atoms with Crippen LogP contribution < -0.4 is 10.9 Å². The normalized spacial score (nSPS) is 11.2. The Hall–Kier alpha value is -2.78. The largest absolute Gasteiger partial charge is 0.398 e. The Morgan fingerprint density at radius 2 is 1.70 bits per heavy atom. The molecule has 0 unspecified atom stereocenters. The third kappa shape index (κ3) is 3.20. The van der Waals surface area contributed by atoms with Crippen LogP contribution in [0.3, 0.4) is 0 Å². The zero-order chi connectivity index (χ0) is 17.4. The van der Waals surface area contributed by atoms with E-state index in [1.165, 1.54) is 37.3 Å². The van der Waals surface area contributed by atoms with Gasteiger partial charge in [0.15, 0.2) is 5.78 Å². The first-order valence-corrected chi connectivity index (χ1v) is 7.88.